The maximum atomic E-state index is 12.4. The zero-order valence-electron chi connectivity index (χ0n) is 14.1. The summed E-state index contributed by atoms with van der Waals surface area (Å²) in [6.45, 7) is 0.257. The van der Waals surface area contributed by atoms with Gasteiger partial charge >= 0.3 is 5.97 Å². The third-order valence-electron chi connectivity index (χ3n) is 3.40. The molecule has 1 amide bonds. The number of carboxylic acids is 1. The van der Waals surface area contributed by atoms with E-state index >= 15 is 0 Å². The number of carbonyl (C=O) groups excluding carboxylic acids is 1. The molecule has 0 radical (unpaired) electrons. The van der Waals surface area contributed by atoms with E-state index in [4.69, 9.17) is 9.84 Å². The summed E-state index contributed by atoms with van der Waals surface area (Å²) in [6, 6.07) is 4.17. The van der Waals surface area contributed by atoms with Gasteiger partial charge in [0.05, 0.1) is 7.11 Å². The number of carboxylic acid groups (broad SMARTS) is 1. The Morgan fingerprint density at radius 1 is 1.21 bits per heavy atom. The minimum absolute atomic E-state index is 0.0412. The number of hydrogen-bond donors (Lipinski definition) is 1. The molecule has 0 fully saturated rings. The van der Waals surface area contributed by atoms with Crippen LogP contribution in [0, 0.1) is 0 Å². The maximum absolute atomic E-state index is 12.4. The number of methoxy groups -OCH3 is 1. The van der Waals surface area contributed by atoms with Crippen molar-refractivity contribution in [2.24, 2.45) is 0 Å². The number of rotatable bonds is 8. The van der Waals surface area contributed by atoms with Gasteiger partial charge in [-0.25, -0.2) is 12.7 Å². The van der Waals surface area contributed by atoms with Crippen molar-refractivity contribution >= 4 is 21.9 Å². The summed E-state index contributed by atoms with van der Waals surface area (Å²) in [4.78, 5) is 24.2. The molecule has 0 heterocycles. The van der Waals surface area contributed by atoms with Crippen molar-refractivity contribution in [1.82, 2.24) is 9.21 Å². The Bertz CT molecular complexity index is 715. The Balaban J connectivity index is 3.09. The van der Waals surface area contributed by atoms with E-state index in [0.717, 1.165) is 4.31 Å². The van der Waals surface area contributed by atoms with Crippen LogP contribution < -0.4 is 4.74 Å². The molecule has 0 bridgehead atoms. The summed E-state index contributed by atoms with van der Waals surface area (Å²) in [6.07, 6.45) is 0.275. The van der Waals surface area contributed by atoms with Gasteiger partial charge in [0.1, 0.15) is 10.6 Å². The SMILES string of the molecule is COc1ccc(C(=O)N(C)CCCC(=O)O)cc1S(=O)(=O)N(C)C. The fraction of sp³-hybridized carbons (Fsp3) is 0.467. The van der Waals surface area contributed by atoms with Crippen molar-refractivity contribution < 1.29 is 27.9 Å². The first kappa shape index (κ1) is 19.9. The van der Waals surface area contributed by atoms with Crippen LogP contribution in [0.5, 0.6) is 5.75 Å². The van der Waals surface area contributed by atoms with E-state index in [1.807, 2.05) is 0 Å². The molecule has 24 heavy (non-hydrogen) atoms. The van der Waals surface area contributed by atoms with Crippen LogP contribution in [0.15, 0.2) is 23.1 Å². The maximum Gasteiger partial charge on any atom is 0.303 e. The van der Waals surface area contributed by atoms with Gasteiger partial charge in [-0.15, -0.1) is 0 Å². The monoisotopic (exact) mass is 358 g/mol. The average molecular weight is 358 g/mol. The van der Waals surface area contributed by atoms with E-state index < -0.39 is 21.9 Å². The van der Waals surface area contributed by atoms with Gasteiger partial charge in [0, 0.05) is 39.7 Å². The van der Waals surface area contributed by atoms with Crippen LogP contribution in [-0.4, -0.2) is 69.4 Å². The van der Waals surface area contributed by atoms with E-state index in [1.165, 1.54) is 51.4 Å². The van der Waals surface area contributed by atoms with Crippen LogP contribution >= 0.6 is 0 Å². The van der Waals surface area contributed by atoms with Gasteiger partial charge in [-0.3, -0.25) is 9.59 Å². The number of amides is 1. The van der Waals surface area contributed by atoms with Gasteiger partial charge in [0.2, 0.25) is 10.0 Å². The summed E-state index contributed by atoms with van der Waals surface area (Å²) in [5.41, 5.74) is 0.189. The predicted octanol–water partition coefficient (Wildman–Crippen LogP) is 0.882. The van der Waals surface area contributed by atoms with Gasteiger partial charge in [-0.1, -0.05) is 0 Å². The van der Waals surface area contributed by atoms with Crippen LogP contribution in [-0.2, 0) is 14.8 Å². The Kier molecular flexibility index (Phi) is 6.73. The van der Waals surface area contributed by atoms with Crippen molar-refractivity contribution in [2.45, 2.75) is 17.7 Å². The lowest BCUT2D eigenvalue weighted by Gasteiger charge is -2.19. The zero-order chi connectivity index (χ0) is 18.5. The first-order chi connectivity index (χ1) is 11.1. The number of hydrogen-bond acceptors (Lipinski definition) is 5. The Labute approximate surface area is 141 Å². The van der Waals surface area contributed by atoms with Gasteiger partial charge in [-0.05, 0) is 24.6 Å². The molecule has 9 heteroatoms. The summed E-state index contributed by atoms with van der Waals surface area (Å²) in [7, 11) is 1.90. The van der Waals surface area contributed by atoms with Crippen molar-refractivity contribution in [3.05, 3.63) is 23.8 Å². The van der Waals surface area contributed by atoms with Crippen LogP contribution in [0.25, 0.3) is 0 Å². The Morgan fingerprint density at radius 3 is 2.33 bits per heavy atom. The average Bonchev–Trinajstić information content (AvgIpc) is 2.52. The smallest absolute Gasteiger partial charge is 0.303 e. The lowest BCUT2D eigenvalue weighted by Crippen LogP contribution is -2.29. The Morgan fingerprint density at radius 2 is 1.83 bits per heavy atom. The summed E-state index contributed by atoms with van der Waals surface area (Å²) >= 11 is 0. The molecule has 134 valence electrons. The molecular weight excluding hydrogens is 336 g/mol. The quantitative estimate of drug-likeness (QED) is 0.740. The third kappa shape index (κ3) is 4.68. The molecule has 0 aliphatic rings. The van der Waals surface area contributed by atoms with Crippen molar-refractivity contribution in [3.8, 4) is 5.75 Å². The second-order valence-corrected chi connectivity index (χ2v) is 7.50. The second-order valence-electron chi connectivity index (χ2n) is 5.38. The second kappa shape index (κ2) is 8.11. The number of carbonyl (C=O) groups is 2. The molecule has 0 saturated carbocycles. The molecule has 0 spiro atoms. The molecule has 8 nitrogen and oxygen atoms in total. The predicted molar refractivity (Wildman–Crippen MR) is 87.7 cm³/mol. The van der Waals surface area contributed by atoms with Gasteiger partial charge in [0.25, 0.3) is 5.91 Å². The van der Waals surface area contributed by atoms with E-state index in [0.29, 0.717) is 6.42 Å². The molecule has 0 atom stereocenters. The first-order valence-corrected chi connectivity index (χ1v) is 8.63. The molecule has 1 aromatic rings. The minimum atomic E-state index is -3.77. The molecule has 0 aliphatic carbocycles. The number of sulfonamides is 1. The van der Waals surface area contributed by atoms with Crippen LogP contribution in [0.3, 0.4) is 0 Å². The van der Waals surface area contributed by atoms with Crippen LogP contribution in [0.4, 0.5) is 0 Å². The standard InChI is InChI=1S/C15H22N2O6S/c1-16(2)24(21,22)13-10-11(7-8-12(13)23-4)15(20)17(3)9-5-6-14(18)19/h7-8,10H,5-6,9H2,1-4H3,(H,18,19). The summed E-state index contributed by atoms with van der Waals surface area (Å²) in [5, 5.41) is 8.63. The highest BCUT2D eigenvalue weighted by Gasteiger charge is 2.24. The highest BCUT2D eigenvalue weighted by Crippen LogP contribution is 2.27. The topological polar surface area (TPSA) is 104 Å². The number of ether oxygens (including phenoxy) is 1. The molecule has 0 aromatic heterocycles. The van der Waals surface area contributed by atoms with Crippen molar-refractivity contribution in [2.75, 3.05) is 34.8 Å². The van der Waals surface area contributed by atoms with E-state index in [2.05, 4.69) is 0 Å². The van der Waals surface area contributed by atoms with Crippen molar-refractivity contribution in [3.63, 3.8) is 0 Å². The van der Waals surface area contributed by atoms with Gasteiger partial charge in [0.15, 0.2) is 0 Å². The molecule has 0 saturated heterocycles. The number of aliphatic carboxylic acids is 1. The third-order valence-corrected chi connectivity index (χ3v) is 5.24. The molecule has 0 aliphatic heterocycles. The lowest BCUT2D eigenvalue weighted by molar-refractivity contribution is -0.137. The molecule has 1 N–H and O–H groups in total. The first-order valence-electron chi connectivity index (χ1n) is 7.19. The zero-order valence-corrected chi connectivity index (χ0v) is 15.0. The van der Waals surface area contributed by atoms with Crippen LogP contribution in [0.1, 0.15) is 23.2 Å². The number of nitrogens with zero attached hydrogens (tertiary/aromatic N) is 2. The molecule has 1 aromatic carbocycles. The van der Waals surface area contributed by atoms with Crippen LogP contribution in [0.2, 0.25) is 0 Å². The normalized spacial score (nSPS) is 11.4. The largest absolute Gasteiger partial charge is 0.495 e. The van der Waals surface area contributed by atoms with E-state index in [1.54, 1.807) is 0 Å². The van der Waals surface area contributed by atoms with Gasteiger partial charge < -0.3 is 14.7 Å². The van der Waals surface area contributed by atoms with E-state index in [-0.39, 0.29) is 29.2 Å². The fourth-order valence-electron chi connectivity index (χ4n) is 2.00. The lowest BCUT2D eigenvalue weighted by atomic mass is 10.2. The fourth-order valence-corrected chi connectivity index (χ4v) is 3.07. The minimum Gasteiger partial charge on any atom is -0.495 e. The molecule has 1 rings (SSSR count). The Hall–Kier alpha value is -2.13. The summed E-state index contributed by atoms with van der Waals surface area (Å²) < 4.78 is 30.8. The summed E-state index contributed by atoms with van der Waals surface area (Å²) in [5.74, 6) is -1.17. The van der Waals surface area contributed by atoms with Gasteiger partial charge in [-0.2, -0.15) is 0 Å². The highest BCUT2D eigenvalue weighted by molar-refractivity contribution is 7.89. The van der Waals surface area contributed by atoms with Crippen molar-refractivity contribution in [1.29, 1.82) is 0 Å². The molecular formula is C15H22N2O6S. The highest BCUT2D eigenvalue weighted by atomic mass is 32.2. The number of benzene rings is 1. The van der Waals surface area contributed by atoms with E-state index in [9.17, 15) is 18.0 Å². The molecule has 0 unspecified atom stereocenters.